The maximum atomic E-state index is 8.74. The predicted octanol–water partition coefficient (Wildman–Crippen LogP) is -0.543. The van der Waals surface area contributed by atoms with Crippen LogP contribution in [-0.4, -0.2) is 17.5 Å². The quantitative estimate of drug-likeness (QED) is 0.490. The third-order valence-electron chi connectivity index (χ3n) is 0.824. The molecule has 4 nitrogen and oxygen atoms in total. The molecule has 0 amide bonds. The Kier molecular flexibility index (Phi) is 9.63. The first-order chi connectivity index (χ1) is 5.80. The summed E-state index contributed by atoms with van der Waals surface area (Å²) in [6, 6.07) is 7.19. The zero-order valence-electron chi connectivity index (χ0n) is 8.18. The summed E-state index contributed by atoms with van der Waals surface area (Å²) in [5, 5.41) is 1.21. The van der Waals surface area contributed by atoms with Gasteiger partial charge in [-0.15, -0.1) is 0 Å². The molecule has 0 unspecified atom stereocenters. The molecule has 14 heavy (non-hydrogen) atoms. The van der Waals surface area contributed by atoms with E-state index in [0.717, 1.165) is 0 Å². The van der Waals surface area contributed by atoms with Crippen LogP contribution in [0.3, 0.4) is 0 Å². The standard InChI is InChI=1S/C6H4Cl2.Na.H2O4S.H/c7-5-3-1-2-4-6(5)8;;1-5(2,3)4;/h1-4H;;(H2,1,2,3,4);/q;+1;;-1. The molecule has 0 aliphatic carbocycles. The topological polar surface area (TPSA) is 74.6 Å². The van der Waals surface area contributed by atoms with Crippen LogP contribution in [0.25, 0.3) is 0 Å². The third kappa shape index (κ3) is 12.7. The van der Waals surface area contributed by atoms with Crippen LogP contribution in [0, 0.1) is 0 Å². The Bertz CT molecular complexity index is 344. The molecule has 0 spiro atoms. The van der Waals surface area contributed by atoms with Crippen molar-refractivity contribution in [1.82, 2.24) is 0 Å². The average Bonchev–Trinajstić information content (AvgIpc) is 1.92. The van der Waals surface area contributed by atoms with Gasteiger partial charge in [-0.3, -0.25) is 9.11 Å². The summed E-state index contributed by atoms with van der Waals surface area (Å²) >= 11 is 11.2. The van der Waals surface area contributed by atoms with Crippen LogP contribution in [0.15, 0.2) is 24.3 Å². The van der Waals surface area contributed by atoms with Crippen molar-refractivity contribution in [3.05, 3.63) is 34.3 Å². The Morgan fingerprint density at radius 2 is 1.29 bits per heavy atom. The van der Waals surface area contributed by atoms with Crippen molar-refractivity contribution in [3.63, 3.8) is 0 Å². The maximum Gasteiger partial charge on any atom is 1.00 e. The Balaban J connectivity index is -0.000000185. The molecule has 0 heterocycles. The fourth-order valence-corrected chi connectivity index (χ4v) is 0.711. The molecule has 0 bridgehead atoms. The zero-order chi connectivity index (χ0) is 10.5. The Morgan fingerprint density at radius 1 is 1.07 bits per heavy atom. The minimum Gasteiger partial charge on any atom is -1.00 e. The van der Waals surface area contributed by atoms with E-state index in [1.165, 1.54) is 0 Å². The second kappa shape index (κ2) is 7.90. The molecule has 8 heteroatoms. The van der Waals surface area contributed by atoms with E-state index in [4.69, 9.17) is 40.7 Å². The van der Waals surface area contributed by atoms with Crippen molar-refractivity contribution >= 4 is 33.6 Å². The van der Waals surface area contributed by atoms with Gasteiger partial charge in [0.25, 0.3) is 0 Å². The molecule has 1 aromatic carbocycles. The average molecular weight is 269 g/mol. The molecule has 76 valence electrons. The van der Waals surface area contributed by atoms with Crippen molar-refractivity contribution in [2.24, 2.45) is 0 Å². The van der Waals surface area contributed by atoms with Crippen molar-refractivity contribution in [2.45, 2.75) is 0 Å². The molecule has 0 atom stereocenters. The van der Waals surface area contributed by atoms with Crippen molar-refractivity contribution < 1.29 is 48.5 Å². The molecule has 0 saturated heterocycles. The SMILES string of the molecule is Clc1ccccc1Cl.O=S(=O)(O)O.[H-].[Na+]. The molecule has 0 fully saturated rings. The summed E-state index contributed by atoms with van der Waals surface area (Å²) < 4.78 is 31.6. The maximum absolute atomic E-state index is 8.74. The van der Waals surface area contributed by atoms with Crippen LogP contribution >= 0.6 is 23.2 Å². The first kappa shape index (κ1) is 17.1. The number of benzene rings is 1. The van der Waals surface area contributed by atoms with E-state index < -0.39 is 10.4 Å². The second-order valence-corrected chi connectivity index (χ2v) is 3.57. The molecule has 0 saturated carbocycles. The number of hydrogen-bond acceptors (Lipinski definition) is 2. The molecule has 1 aromatic rings. The summed E-state index contributed by atoms with van der Waals surface area (Å²) in [5.74, 6) is 0. The van der Waals surface area contributed by atoms with E-state index in [9.17, 15) is 0 Å². The van der Waals surface area contributed by atoms with Crippen molar-refractivity contribution in [1.29, 1.82) is 0 Å². The largest absolute Gasteiger partial charge is 1.00 e. The van der Waals surface area contributed by atoms with Gasteiger partial charge in [-0.1, -0.05) is 35.3 Å². The van der Waals surface area contributed by atoms with Crippen LogP contribution in [-0.2, 0) is 10.4 Å². The van der Waals surface area contributed by atoms with Crippen LogP contribution in [0.4, 0.5) is 0 Å². The molecular weight excluding hydrogens is 262 g/mol. The van der Waals surface area contributed by atoms with Gasteiger partial charge in [-0.2, -0.15) is 8.42 Å². The van der Waals surface area contributed by atoms with E-state index >= 15 is 0 Å². The molecule has 2 N–H and O–H groups in total. The molecular formula is C6H7Cl2NaO4S. The van der Waals surface area contributed by atoms with E-state index in [1.807, 2.05) is 12.1 Å². The molecule has 0 aliphatic heterocycles. The van der Waals surface area contributed by atoms with Gasteiger partial charge < -0.3 is 1.43 Å². The van der Waals surface area contributed by atoms with Crippen LogP contribution < -0.4 is 29.6 Å². The summed E-state index contributed by atoms with van der Waals surface area (Å²) in [6.45, 7) is 0. The molecule has 0 aromatic heterocycles. The first-order valence-corrected chi connectivity index (χ1v) is 5.06. The summed E-state index contributed by atoms with van der Waals surface area (Å²) in [5.41, 5.74) is 0. The summed E-state index contributed by atoms with van der Waals surface area (Å²) in [7, 11) is -4.67. The van der Waals surface area contributed by atoms with Gasteiger partial charge in [0.1, 0.15) is 0 Å². The second-order valence-electron chi connectivity index (χ2n) is 1.86. The predicted molar refractivity (Wildman–Crippen MR) is 51.8 cm³/mol. The summed E-state index contributed by atoms with van der Waals surface area (Å²) in [6.07, 6.45) is 0. The van der Waals surface area contributed by atoms with Gasteiger partial charge in [0.2, 0.25) is 0 Å². The van der Waals surface area contributed by atoms with Crippen LogP contribution in [0.1, 0.15) is 1.43 Å². The third-order valence-corrected chi connectivity index (χ3v) is 1.58. The van der Waals surface area contributed by atoms with Crippen molar-refractivity contribution in [3.8, 4) is 0 Å². The fourth-order valence-electron chi connectivity index (χ4n) is 0.439. The van der Waals surface area contributed by atoms with E-state index in [2.05, 4.69) is 0 Å². The normalized spacial score (nSPS) is 9.43. The monoisotopic (exact) mass is 268 g/mol. The van der Waals surface area contributed by atoms with Gasteiger partial charge in [0, 0.05) is 0 Å². The zero-order valence-corrected chi connectivity index (χ0v) is 11.5. The minimum atomic E-state index is -4.67. The van der Waals surface area contributed by atoms with Gasteiger partial charge in [0.05, 0.1) is 10.0 Å². The van der Waals surface area contributed by atoms with Crippen LogP contribution in [0.2, 0.25) is 10.0 Å². The Morgan fingerprint density at radius 3 is 1.43 bits per heavy atom. The minimum absolute atomic E-state index is 0. The van der Waals surface area contributed by atoms with E-state index in [0.29, 0.717) is 10.0 Å². The summed E-state index contributed by atoms with van der Waals surface area (Å²) in [4.78, 5) is 0. The van der Waals surface area contributed by atoms with Gasteiger partial charge >= 0.3 is 40.0 Å². The Hall–Kier alpha value is 0.670. The number of hydrogen-bond donors (Lipinski definition) is 2. The molecule has 1 rings (SSSR count). The van der Waals surface area contributed by atoms with Gasteiger partial charge in [-0.05, 0) is 12.1 Å². The first-order valence-electron chi connectivity index (χ1n) is 2.90. The molecule has 0 aliphatic rings. The number of halogens is 2. The van der Waals surface area contributed by atoms with Gasteiger partial charge in [-0.25, -0.2) is 0 Å². The molecule has 0 radical (unpaired) electrons. The number of rotatable bonds is 0. The van der Waals surface area contributed by atoms with Crippen LogP contribution in [0.5, 0.6) is 0 Å². The van der Waals surface area contributed by atoms with Crippen molar-refractivity contribution in [2.75, 3.05) is 0 Å². The van der Waals surface area contributed by atoms with Gasteiger partial charge in [0.15, 0.2) is 0 Å². The van der Waals surface area contributed by atoms with E-state index in [-0.39, 0.29) is 31.0 Å². The fraction of sp³-hybridized carbons (Fsp3) is 0. The Labute approximate surface area is 116 Å². The smallest absolute Gasteiger partial charge is 1.00 e. The van der Waals surface area contributed by atoms with E-state index in [1.54, 1.807) is 12.1 Å².